The molecular weight excluding hydrogens is 341 g/mol. The summed E-state index contributed by atoms with van der Waals surface area (Å²) in [5, 5.41) is 10.6. The van der Waals surface area contributed by atoms with Crippen LogP contribution < -0.4 is 0 Å². The Bertz CT molecular complexity index is 526. The Morgan fingerprint density at radius 3 is 1.68 bits per heavy atom. The quantitative estimate of drug-likeness (QED) is 0.512. The van der Waals surface area contributed by atoms with Gasteiger partial charge in [-0.1, -0.05) is 76.3 Å². The van der Waals surface area contributed by atoms with Crippen molar-refractivity contribution in [2.75, 3.05) is 0 Å². The first-order valence-electron chi connectivity index (χ1n) is 7.16. The number of alkyl halides is 3. The van der Waals surface area contributed by atoms with Crippen LogP contribution >= 0.6 is 34.8 Å². The van der Waals surface area contributed by atoms with E-state index >= 15 is 0 Å². The van der Waals surface area contributed by atoms with Crippen LogP contribution in [0.4, 0.5) is 0 Å². The van der Waals surface area contributed by atoms with Gasteiger partial charge in [0.1, 0.15) is 5.75 Å². The molecule has 0 spiro atoms. The maximum Gasteiger partial charge on any atom is 0.225 e. The van der Waals surface area contributed by atoms with Crippen molar-refractivity contribution in [1.29, 1.82) is 0 Å². The maximum absolute atomic E-state index is 10.6. The minimum absolute atomic E-state index is 0.168. The van der Waals surface area contributed by atoms with Crippen molar-refractivity contribution < 1.29 is 5.11 Å². The largest absolute Gasteiger partial charge is 0.507 e. The lowest BCUT2D eigenvalue weighted by Crippen LogP contribution is -2.18. The minimum atomic E-state index is -1.49. The van der Waals surface area contributed by atoms with Crippen LogP contribution in [0.15, 0.2) is 17.1 Å². The van der Waals surface area contributed by atoms with Crippen molar-refractivity contribution in [1.82, 2.24) is 0 Å². The molecule has 1 aromatic rings. The van der Waals surface area contributed by atoms with E-state index in [-0.39, 0.29) is 10.8 Å². The van der Waals surface area contributed by atoms with Crippen molar-refractivity contribution in [2.45, 2.75) is 62.7 Å². The molecule has 0 saturated heterocycles. The highest BCUT2D eigenvalue weighted by molar-refractivity contribution is 6.74. The Morgan fingerprint density at radius 2 is 1.36 bits per heavy atom. The van der Waals surface area contributed by atoms with Crippen LogP contribution in [0.2, 0.25) is 0 Å². The first-order chi connectivity index (χ1) is 9.72. The monoisotopic (exact) mass is 363 g/mol. The Morgan fingerprint density at radius 1 is 0.955 bits per heavy atom. The fourth-order valence-corrected chi connectivity index (χ4v) is 2.39. The van der Waals surface area contributed by atoms with E-state index in [1.54, 1.807) is 0 Å². The Hall–Kier alpha value is -0.440. The van der Waals surface area contributed by atoms with Gasteiger partial charge in [0.05, 0.1) is 12.8 Å². The zero-order chi connectivity index (χ0) is 17.3. The van der Waals surface area contributed by atoms with Crippen LogP contribution in [-0.4, -0.2) is 15.1 Å². The third-order valence-electron chi connectivity index (χ3n) is 3.30. The number of hydrogen-bond donors (Lipinski definition) is 1. The van der Waals surface area contributed by atoms with E-state index in [0.29, 0.717) is 12.3 Å². The second-order valence-electron chi connectivity index (χ2n) is 7.55. The number of benzene rings is 1. The van der Waals surface area contributed by atoms with Crippen molar-refractivity contribution in [2.24, 2.45) is 4.99 Å². The average molecular weight is 365 g/mol. The van der Waals surface area contributed by atoms with Gasteiger partial charge < -0.3 is 5.11 Å². The summed E-state index contributed by atoms with van der Waals surface area (Å²) in [4.78, 5) is 4.19. The van der Waals surface area contributed by atoms with Crippen LogP contribution in [0.1, 0.15) is 58.2 Å². The van der Waals surface area contributed by atoms with Gasteiger partial charge in [-0.25, -0.2) is 0 Å². The van der Waals surface area contributed by atoms with E-state index in [2.05, 4.69) is 46.5 Å². The second kappa shape index (κ2) is 6.59. The Kier molecular flexibility index (Phi) is 5.87. The van der Waals surface area contributed by atoms with Gasteiger partial charge in [0, 0.05) is 0 Å². The molecule has 0 aliphatic carbocycles. The minimum Gasteiger partial charge on any atom is -0.507 e. The highest BCUT2D eigenvalue weighted by atomic mass is 35.6. The number of phenolic OH excluding ortho intramolecular Hbond substituents is 1. The van der Waals surface area contributed by atoms with Gasteiger partial charge in [-0.2, -0.15) is 0 Å². The van der Waals surface area contributed by atoms with Gasteiger partial charge in [0.15, 0.2) is 0 Å². The highest BCUT2D eigenvalue weighted by Gasteiger charge is 2.26. The zero-order valence-electron chi connectivity index (χ0n) is 14.0. The highest BCUT2D eigenvalue weighted by Crippen LogP contribution is 2.39. The van der Waals surface area contributed by atoms with Crippen LogP contribution in [0, 0.1) is 0 Å². The lowest BCUT2D eigenvalue weighted by molar-refractivity contribution is 0.422. The van der Waals surface area contributed by atoms with Crippen molar-refractivity contribution >= 4 is 41.0 Å². The zero-order valence-corrected chi connectivity index (χ0v) is 16.2. The van der Waals surface area contributed by atoms with Crippen LogP contribution in [0.3, 0.4) is 0 Å². The third kappa shape index (κ3) is 5.64. The molecule has 0 atom stereocenters. The summed E-state index contributed by atoms with van der Waals surface area (Å²) in [6.45, 7) is 12.8. The van der Waals surface area contributed by atoms with Crippen molar-refractivity contribution in [3.05, 3.63) is 28.8 Å². The lowest BCUT2D eigenvalue weighted by Gasteiger charge is -2.28. The van der Waals surface area contributed by atoms with Gasteiger partial charge in [-0.05, 0) is 39.7 Å². The Labute approximate surface area is 148 Å². The molecule has 5 heteroatoms. The molecule has 0 aliphatic rings. The summed E-state index contributed by atoms with van der Waals surface area (Å²) >= 11 is 17.0. The second-order valence-corrected chi connectivity index (χ2v) is 9.92. The fourth-order valence-electron chi connectivity index (χ4n) is 2.18. The molecule has 1 N–H and O–H groups in total. The first kappa shape index (κ1) is 19.6. The van der Waals surface area contributed by atoms with E-state index < -0.39 is 3.79 Å². The summed E-state index contributed by atoms with van der Waals surface area (Å²) in [5.41, 5.74) is 2.45. The smallest absolute Gasteiger partial charge is 0.225 e. The van der Waals surface area contributed by atoms with Gasteiger partial charge in [0.25, 0.3) is 0 Å². The number of halogens is 3. The van der Waals surface area contributed by atoms with E-state index in [1.807, 2.05) is 12.1 Å². The average Bonchev–Trinajstić information content (AvgIpc) is 2.26. The number of aromatic hydroxyl groups is 1. The molecule has 2 nitrogen and oxygen atoms in total. The molecule has 1 aromatic carbocycles. The number of phenols is 1. The van der Waals surface area contributed by atoms with E-state index in [1.165, 1.54) is 6.21 Å². The molecule has 1 rings (SSSR count). The predicted octanol–water partition coefficient (Wildman–Crippen LogP) is 5.93. The van der Waals surface area contributed by atoms with Gasteiger partial charge in [-0.3, -0.25) is 4.99 Å². The molecule has 0 fully saturated rings. The molecule has 0 aromatic heterocycles. The van der Waals surface area contributed by atoms with E-state index in [9.17, 15) is 5.11 Å². The number of rotatable bonds is 2. The standard InChI is InChI=1S/C17H24Cl3NO/c1-15(2,3)12-7-11(9-21-10-17(18,19)20)8-13(14(12)22)16(4,5)6/h7-8,10,22H,9H2,1-6H3. The van der Waals surface area contributed by atoms with E-state index in [0.717, 1.165) is 16.7 Å². The van der Waals surface area contributed by atoms with E-state index in [4.69, 9.17) is 34.8 Å². The summed E-state index contributed by atoms with van der Waals surface area (Å²) in [6, 6.07) is 3.95. The fraction of sp³-hybridized carbons (Fsp3) is 0.588. The maximum atomic E-state index is 10.6. The van der Waals surface area contributed by atoms with Crippen LogP contribution in [-0.2, 0) is 17.4 Å². The molecule has 0 saturated carbocycles. The van der Waals surface area contributed by atoms with Gasteiger partial charge in [0.2, 0.25) is 3.79 Å². The lowest BCUT2D eigenvalue weighted by atomic mass is 9.78. The van der Waals surface area contributed by atoms with Gasteiger partial charge in [-0.15, -0.1) is 0 Å². The number of nitrogens with zero attached hydrogens (tertiary/aromatic N) is 1. The molecular formula is C17H24Cl3NO. The molecule has 0 radical (unpaired) electrons. The van der Waals surface area contributed by atoms with Crippen LogP contribution in [0.25, 0.3) is 0 Å². The van der Waals surface area contributed by atoms with Crippen molar-refractivity contribution in [3.63, 3.8) is 0 Å². The van der Waals surface area contributed by atoms with Crippen molar-refractivity contribution in [3.8, 4) is 5.75 Å². The molecule has 0 aliphatic heterocycles. The SMILES string of the molecule is CC(C)(C)c1cc(CN=CC(Cl)(Cl)Cl)cc(C(C)(C)C)c1O. The first-order valence-corrected chi connectivity index (χ1v) is 8.30. The Balaban J connectivity index is 3.33. The molecule has 0 bridgehead atoms. The summed E-state index contributed by atoms with van der Waals surface area (Å²) in [6.07, 6.45) is 1.30. The molecule has 0 amide bonds. The van der Waals surface area contributed by atoms with Crippen LogP contribution in [0.5, 0.6) is 5.75 Å². The number of aliphatic imine (C=N–C) groups is 1. The molecule has 0 unspecified atom stereocenters. The molecule has 22 heavy (non-hydrogen) atoms. The molecule has 124 valence electrons. The third-order valence-corrected chi connectivity index (χ3v) is 3.59. The molecule has 0 heterocycles. The summed E-state index contributed by atoms with van der Waals surface area (Å²) < 4.78 is -1.49. The summed E-state index contributed by atoms with van der Waals surface area (Å²) in [7, 11) is 0. The summed E-state index contributed by atoms with van der Waals surface area (Å²) in [5.74, 6) is 0.356. The number of hydrogen-bond acceptors (Lipinski definition) is 2. The predicted molar refractivity (Wildman–Crippen MR) is 98.0 cm³/mol. The van der Waals surface area contributed by atoms with Gasteiger partial charge >= 0.3 is 0 Å². The topological polar surface area (TPSA) is 32.6 Å². The normalized spacial score (nSPS) is 13.9.